The Bertz CT molecular complexity index is 691. The first-order chi connectivity index (χ1) is 9.68. The van der Waals surface area contributed by atoms with Crippen molar-refractivity contribution in [1.29, 1.82) is 0 Å². The predicted octanol–water partition coefficient (Wildman–Crippen LogP) is 5.85. The lowest BCUT2D eigenvalue weighted by Crippen LogP contribution is -2.13. The maximum atomic E-state index is 2.42. The van der Waals surface area contributed by atoms with Crippen LogP contribution in [-0.4, -0.2) is 0 Å². The van der Waals surface area contributed by atoms with E-state index in [1.807, 2.05) is 0 Å². The molecule has 0 aliphatic heterocycles. The molecule has 0 heterocycles. The van der Waals surface area contributed by atoms with E-state index in [2.05, 4.69) is 77.9 Å². The topological polar surface area (TPSA) is 0 Å². The molecule has 0 unspecified atom stereocenters. The summed E-state index contributed by atoms with van der Waals surface area (Å²) in [5.74, 6) is 0. The van der Waals surface area contributed by atoms with Gasteiger partial charge in [0.2, 0.25) is 0 Å². The van der Waals surface area contributed by atoms with E-state index < -0.39 is 0 Å². The summed E-state index contributed by atoms with van der Waals surface area (Å²) in [7, 11) is 0. The van der Waals surface area contributed by atoms with Gasteiger partial charge in [-0.25, -0.2) is 0 Å². The van der Waals surface area contributed by atoms with E-state index in [1.165, 1.54) is 33.4 Å². The molecule has 1 aliphatic rings. The van der Waals surface area contributed by atoms with E-state index in [-0.39, 0.29) is 10.8 Å². The van der Waals surface area contributed by atoms with Gasteiger partial charge in [0.05, 0.1) is 0 Å². The van der Waals surface area contributed by atoms with Crippen LogP contribution in [0.3, 0.4) is 0 Å². The normalized spacial score (nSPS) is 14.0. The molecule has 2 aromatic carbocycles. The molecular weight excluding hydrogens is 252 g/mol. The van der Waals surface area contributed by atoms with E-state index in [1.54, 1.807) is 0 Å². The van der Waals surface area contributed by atoms with E-state index in [9.17, 15) is 0 Å². The fraction of sp³-hybridized carbons (Fsp3) is 0.429. The molecule has 0 N–H and O–H groups in total. The third-order valence-electron chi connectivity index (χ3n) is 4.58. The second-order valence-electron chi connectivity index (χ2n) is 8.39. The van der Waals surface area contributed by atoms with Gasteiger partial charge < -0.3 is 0 Å². The molecule has 0 fully saturated rings. The lowest BCUT2D eigenvalue weighted by molar-refractivity contribution is 0.589. The van der Waals surface area contributed by atoms with Crippen LogP contribution in [0.5, 0.6) is 0 Å². The van der Waals surface area contributed by atoms with Crippen LogP contribution < -0.4 is 0 Å². The van der Waals surface area contributed by atoms with Crippen molar-refractivity contribution in [1.82, 2.24) is 0 Å². The molecule has 0 heteroatoms. The van der Waals surface area contributed by atoms with Crippen molar-refractivity contribution < 1.29 is 0 Å². The molecule has 2 aromatic rings. The highest BCUT2D eigenvalue weighted by Crippen LogP contribution is 2.44. The second kappa shape index (κ2) is 4.47. The minimum Gasteiger partial charge on any atom is -0.0616 e. The van der Waals surface area contributed by atoms with Crippen LogP contribution in [0.25, 0.3) is 11.1 Å². The number of rotatable bonds is 0. The largest absolute Gasteiger partial charge is 0.0616 e. The second-order valence-corrected chi connectivity index (χ2v) is 8.39. The maximum absolute atomic E-state index is 2.42. The molecule has 0 bridgehead atoms. The molecule has 0 spiro atoms. The van der Waals surface area contributed by atoms with Gasteiger partial charge in [-0.1, -0.05) is 77.9 Å². The van der Waals surface area contributed by atoms with Crippen molar-refractivity contribution in [2.24, 2.45) is 0 Å². The van der Waals surface area contributed by atoms with Gasteiger partial charge in [-0.3, -0.25) is 0 Å². The van der Waals surface area contributed by atoms with Gasteiger partial charge in [0, 0.05) is 0 Å². The van der Waals surface area contributed by atoms with E-state index in [0.29, 0.717) is 0 Å². The summed E-state index contributed by atoms with van der Waals surface area (Å²) in [6, 6.07) is 13.9. The lowest BCUT2D eigenvalue weighted by atomic mass is 9.81. The fourth-order valence-corrected chi connectivity index (χ4v) is 3.35. The minimum atomic E-state index is 0.190. The lowest BCUT2D eigenvalue weighted by Gasteiger charge is -2.24. The number of hydrogen-bond acceptors (Lipinski definition) is 0. The monoisotopic (exact) mass is 278 g/mol. The minimum absolute atomic E-state index is 0.190. The fourth-order valence-electron chi connectivity index (χ4n) is 3.35. The Balaban J connectivity index is 2.19. The summed E-state index contributed by atoms with van der Waals surface area (Å²) in [4.78, 5) is 0. The number of benzene rings is 2. The van der Waals surface area contributed by atoms with Crippen LogP contribution in [0.1, 0.15) is 63.8 Å². The van der Waals surface area contributed by atoms with Crippen molar-refractivity contribution in [3.63, 3.8) is 0 Å². The number of hydrogen-bond donors (Lipinski definition) is 0. The third-order valence-corrected chi connectivity index (χ3v) is 4.58. The molecule has 3 rings (SSSR count). The maximum Gasteiger partial charge on any atom is -0.00132 e. The van der Waals surface area contributed by atoms with E-state index in [4.69, 9.17) is 0 Å². The van der Waals surface area contributed by atoms with Crippen molar-refractivity contribution in [3.05, 3.63) is 58.7 Å². The van der Waals surface area contributed by atoms with E-state index in [0.717, 1.165) is 6.42 Å². The Morgan fingerprint density at radius 1 is 0.762 bits per heavy atom. The SMILES string of the molecule is CC(C)(C)c1ccc2c(c1)Cc1cccc(C(C)(C)C)c1-2. The van der Waals surface area contributed by atoms with Crippen LogP contribution >= 0.6 is 0 Å². The van der Waals surface area contributed by atoms with Crippen LogP contribution in [0.15, 0.2) is 36.4 Å². The standard InChI is InChI=1S/C21H26/c1-20(2,3)16-10-11-17-15(13-16)12-14-8-7-9-18(19(14)17)21(4,5)6/h7-11,13H,12H2,1-6H3. The van der Waals surface area contributed by atoms with Crippen LogP contribution in [0.2, 0.25) is 0 Å². The van der Waals surface area contributed by atoms with Gasteiger partial charge in [0.1, 0.15) is 0 Å². The molecule has 21 heavy (non-hydrogen) atoms. The molecule has 110 valence electrons. The van der Waals surface area contributed by atoms with Crippen molar-refractivity contribution in [2.75, 3.05) is 0 Å². The van der Waals surface area contributed by atoms with Crippen molar-refractivity contribution >= 4 is 0 Å². The zero-order chi connectivity index (χ0) is 15.4. The third kappa shape index (κ3) is 2.41. The first-order valence-electron chi connectivity index (χ1n) is 7.94. The quantitative estimate of drug-likeness (QED) is 0.483. The Morgan fingerprint density at radius 2 is 1.48 bits per heavy atom. The van der Waals surface area contributed by atoms with Gasteiger partial charge in [-0.05, 0) is 50.6 Å². The van der Waals surface area contributed by atoms with Gasteiger partial charge >= 0.3 is 0 Å². The van der Waals surface area contributed by atoms with Crippen LogP contribution in [-0.2, 0) is 17.3 Å². The molecule has 0 amide bonds. The van der Waals surface area contributed by atoms with Crippen molar-refractivity contribution in [2.45, 2.75) is 58.8 Å². The average molecular weight is 278 g/mol. The Labute approximate surface area is 129 Å². The van der Waals surface area contributed by atoms with Crippen molar-refractivity contribution in [3.8, 4) is 11.1 Å². The van der Waals surface area contributed by atoms with Gasteiger partial charge in [-0.2, -0.15) is 0 Å². The molecule has 0 atom stereocenters. The summed E-state index contributed by atoms with van der Waals surface area (Å²) >= 11 is 0. The average Bonchev–Trinajstić information content (AvgIpc) is 2.73. The first kappa shape index (κ1) is 14.4. The summed E-state index contributed by atoms with van der Waals surface area (Å²) < 4.78 is 0. The molecule has 0 saturated heterocycles. The van der Waals surface area contributed by atoms with Gasteiger partial charge in [0.15, 0.2) is 0 Å². The first-order valence-corrected chi connectivity index (χ1v) is 7.94. The summed E-state index contributed by atoms with van der Waals surface area (Å²) in [5.41, 5.74) is 9.24. The molecule has 0 radical (unpaired) electrons. The highest BCUT2D eigenvalue weighted by atomic mass is 14.3. The number of fused-ring (bicyclic) bond motifs is 3. The molecular formula is C21H26. The summed E-state index contributed by atoms with van der Waals surface area (Å²) in [6.07, 6.45) is 1.08. The van der Waals surface area contributed by atoms with Gasteiger partial charge in [-0.15, -0.1) is 0 Å². The Kier molecular flexibility index (Phi) is 3.06. The van der Waals surface area contributed by atoms with Gasteiger partial charge in [0.25, 0.3) is 0 Å². The summed E-state index contributed by atoms with van der Waals surface area (Å²) in [6.45, 7) is 13.8. The van der Waals surface area contributed by atoms with Crippen LogP contribution in [0, 0.1) is 0 Å². The smallest absolute Gasteiger partial charge is 0.00132 e. The van der Waals surface area contributed by atoms with Crippen LogP contribution in [0.4, 0.5) is 0 Å². The highest BCUT2D eigenvalue weighted by molar-refractivity contribution is 5.80. The molecule has 0 aromatic heterocycles. The highest BCUT2D eigenvalue weighted by Gasteiger charge is 2.27. The zero-order valence-electron chi connectivity index (χ0n) is 14.2. The Hall–Kier alpha value is -1.56. The molecule has 1 aliphatic carbocycles. The summed E-state index contributed by atoms with van der Waals surface area (Å²) in [5, 5.41) is 0. The molecule has 0 nitrogen and oxygen atoms in total. The van der Waals surface area contributed by atoms with E-state index >= 15 is 0 Å². The zero-order valence-corrected chi connectivity index (χ0v) is 14.2. The Morgan fingerprint density at radius 3 is 2.10 bits per heavy atom. The predicted molar refractivity (Wildman–Crippen MR) is 92.1 cm³/mol. The molecule has 0 saturated carbocycles.